The van der Waals surface area contributed by atoms with Crippen LogP contribution in [0.2, 0.25) is 0 Å². The van der Waals surface area contributed by atoms with E-state index in [4.69, 9.17) is 5.11 Å². The number of hydrogen-bond donors (Lipinski definition) is 3. The van der Waals surface area contributed by atoms with E-state index in [0.29, 0.717) is 18.1 Å². The quantitative estimate of drug-likeness (QED) is 0.722. The van der Waals surface area contributed by atoms with Gasteiger partial charge in [-0.3, -0.25) is 4.79 Å². The summed E-state index contributed by atoms with van der Waals surface area (Å²) in [7, 11) is 0. The molecule has 0 heterocycles. The molecular weight excluding hydrogens is 264 g/mol. The number of hydrogen-bond acceptors (Lipinski definition) is 4. The molecule has 19 heavy (non-hydrogen) atoms. The van der Waals surface area contributed by atoms with Crippen LogP contribution in [0.5, 0.6) is 0 Å². The topological polar surface area (TPSA) is 77.8 Å². The van der Waals surface area contributed by atoms with Crippen molar-refractivity contribution in [1.82, 2.24) is 0 Å². The average molecular weight is 290 g/mol. The van der Waals surface area contributed by atoms with Crippen molar-refractivity contribution >= 4 is 17.7 Å². The van der Waals surface area contributed by atoms with E-state index in [2.05, 4.69) is 20.8 Å². The molecule has 0 aliphatic heterocycles. The van der Waals surface area contributed by atoms with Crippen LogP contribution in [-0.4, -0.2) is 45.0 Å². The fourth-order valence-corrected chi connectivity index (χ4v) is 4.10. The van der Waals surface area contributed by atoms with Crippen molar-refractivity contribution in [2.75, 3.05) is 12.4 Å². The van der Waals surface area contributed by atoms with Gasteiger partial charge in [-0.05, 0) is 30.6 Å². The molecule has 4 unspecified atom stereocenters. The minimum absolute atomic E-state index is 0.0386. The van der Waals surface area contributed by atoms with Crippen molar-refractivity contribution in [2.45, 2.75) is 51.4 Å². The zero-order valence-electron chi connectivity index (χ0n) is 12.0. The monoisotopic (exact) mass is 290 g/mol. The van der Waals surface area contributed by atoms with Crippen LogP contribution in [0, 0.1) is 17.3 Å². The fraction of sp³-hybridized carbons (Fsp3) is 0.929. The van der Waals surface area contributed by atoms with E-state index in [0.717, 1.165) is 12.8 Å². The van der Waals surface area contributed by atoms with Gasteiger partial charge in [-0.25, -0.2) is 0 Å². The van der Waals surface area contributed by atoms with Gasteiger partial charge in [-0.1, -0.05) is 20.8 Å². The number of carboxylic acids is 1. The number of rotatable bonds is 5. The molecule has 1 aliphatic rings. The molecule has 0 saturated heterocycles. The summed E-state index contributed by atoms with van der Waals surface area (Å²) < 4.78 is 0. The maximum absolute atomic E-state index is 11.3. The van der Waals surface area contributed by atoms with Gasteiger partial charge < -0.3 is 15.3 Å². The van der Waals surface area contributed by atoms with E-state index in [1.54, 1.807) is 0 Å². The fourth-order valence-electron chi connectivity index (χ4n) is 2.67. The summed E-state index contributed by atoms with van der Waals surface area (Å²) >= 11 is 1.50. The highest BCUT2D eigenvalue weighted by molar-refractivity contribution is 8.00. The van der Waals surface area contributed by atoms with Gasteiger partial charge in [-0.2, -0.15) is 11.8 Å². The maximum atomic E-state index is 11.3. The summed E-state index contributed by atoms with van der Waals surface area (Å²) in [6, 6.07) is 0. The van der Waals surface area contributed by atoms with Crippen molar-refractivity contribution in [3.05, 3.63) is 0 Å². The predicted octanol–water partition coefficient (Wildman–Crippen LogP) is 1.99. The first-order valence-corrected chi connectivity index (χ1v) is 7.94. The Morgan fingerprint density at radius 3 is 2.47 bits per heavy atom. The molecule has 4 nitrogen and oxygen atoms in total. The first kappa shape index (κ1) is 16.8. The molecule has 1 aliphatic carbocycles. The third-order valence-corrected chi connectivity index (χ3v) is 5.57. The minimum atomic E-state index is -0.755. The number of aliphatic carboxylic acids is 1. The molecule has 0 aromatic heterocycles. The van der Waals surface area contributed by atoms with Crippen molar-refractivity contribution in [1.29, 1.82) is 0 Å². The van der Waals surface area contributed by atoms with Crippen molar-refractivity contribution in [2.24, 2.45) is 17.3 Å². The summed E-state index contributed by atoms with van der Waals surface area (Å²) in [5.74, 6) is -0.133. The van der Waals surface area contributed by atoms with Gasteiger partial charge in [0.15, 0.2) is 0 Å². The maximum Gasteiger partial charge on any atom is 0.307 e. The van der Waals surface area contributed by atoms with Crippen molar-refractivity contribution in [3.63, 3.8) is 0 Å². The van der Waals surface area contributed by atoms with Crippen molar-refractivity contribution in [3.8, 4) is 0 Å². The number of aliphatic hydroxyl groups is 2. The van der Waals surface area contributed by atoms with Crippen LogP contribution < -0.4 is 0 Å². The molecule has 0 spiro atoms. The smallest absolute Gasteiger partial charge is 0.307 e. The Balaban J connectivity index is 2.65. The lowest BCUT2D eigenvalue weighted by Crippen LogP contribution is -2.37. The molecular formula is C14H26O4S. The van der Waals surface area contributed by atoms with E-state index >= 15 is 0 Å². The van der Waals surface area contributed by atoms with Crippen LogP contribution in [0.3, 0.4) is 0 Å². The van der Waals surface area contributed by atoms with Crippen LogP contribution in [0.1, 0.15) is 40.0 Å². The molecule has 1 saturated carbocycles. The van der Waals surface area contributed by atoms with E-state index in [1.165, 1.54) is 11.8 Å². The van der Waals surface area contributed by atoms with E-state index < -0.39 is 12.1 Å². The highest BCUT2D eigenvalue weighted by Gasteiger charge is 2.39. The predicted molar refractivity (Wildman–Crippen MR) is 77.3 cm³/mol. The van der Waals surface area contributed by atoms with E-state index in [-0.39, 0.29) is 23.2 Å². The lowest BCUT2D eigenvalue weighted by molar-refractivity contribution is -0.143. The molecule has 1 rings (SSSR count). The van der Waals surface area contributed by atoms with Gasteiger partial charge in [0.05, 0.1) is 18.6 Å². The second-order valence-corrected chi connectivity index (χ2v) is 7.80. The molecule has 3 N–H and O–H groups in total. The molecule has 0 bridgehead atoms. The van der Waals surface area contributed by atoms with Crippen LogP contribution in [0.4, 0.5) is 0 Å². The molecule has 0 aromatic carbocycles. The van der Waals surface area contributed by atoms with Gasteiger partial charge in [0.2, 0.25) is 0 Å². The van der Waals surface area contributed by atoms with Gasteiger partial charge in [0, 0.05) is 11.0 Å². The summed E-state index contributed by atoms with van der Waals surface area (Å²) in [6.45, 7) is 6.33. The first-order chi connectivity index (χ1) is 8.75. The van der Waals surface area contributed by atoms with Crippen LogP contribution >= 0.6 is 11.8 Å². The summed E-state index contributed by atoms with van der Waals surface area (Å²) in [5.41, 5.74) is 0.192. The largest absolute Gasteiger partial charge is 0.481 e. The Kier molecular flexibility index (Phi) is 6.15. The molecule has 112 valence electrons. The molecule has 0 amide bonds. The lowest BCUT2D eigenvalue weighted by atomic mass is 9.69. The normalized spacial score (nSPS) is 30.1. The number of aliphatic hydroxyl groups excluding tert-OH is 2. The van der Waals surface area contributed by atoms with Crippen LogP contribution in [0.25, 0.3) is 0 Å². The second-order valence-electron chi connectivity index (χ2n) is 6.53. The average Bonchev–Trinajstić information content (AvgIpc) is 2.34. The zero-order chi connectivity index (χ0) is 14.6. The molecule has 0 radical (unpaired) electrons. The van der Waals surface area contributed by atoms with Gasteiger partial charge >= 0.3 is 5.97 Å². The standard InChI is InChI=1S/C14H26O4S/c1-14(2,3)9-4-5-11(13(17)18)12(6-9)19-8-10(16)7-15/h9-12,15-16H,4-8H2,1-3H3,(H,17,18). The highest BCUT2D eigenvalue weighted by Crippen LogP contribution is 2.44. The van der Waals surface area contributed by atoms with Gasteiger partial charge in [0.1, 0.15) is 0 Å². The Bertz CT molecular complexity index is 300. The highest BCUT2D eigenvalue weighted by atomic mass is 32.2. The summed E-state index contributed by atoms with van der Waals surface area (Å²) in [6.07, 6.45) is 1.79. The Labute approximate surface area is 119 Å². The minimum Gasteiger partial charge on any atom is -0.481 e. The Hall–Kier alpha value is -0.260. The lowest BCUT2D eigenvalue weighted by Gasteiger charge is -2.40. The Morgan fingerprint density at radius 2 is 2.00 bits per heavy atom. The SMILES string of the molecule is CC(C)(C)C1CCC(C(=O)O)C(SCC(O)CO)C1. The third kappa shape index (κ3) is 4.97. The number of thioether (sulfide) groups is 1. The zero-order valence-corrected chi connectivity index (χ0v) is 12.8. The third-order valence-electron chi connectivity index (χ3n) is 4.05. The summed E-state index contributed by atoms with van der Waals surface area (Å²) in [4.78, 5) is 11.3. The van der Waals surface area contributed by atoms with Gasteiger partial charge in [0.25, 0.3) is 0 Å². The molecule has 1 fully saturated rings. The summed E-state index contributed by atoms with van der Waals surface area (Å²) in [5, 5.41) is 27.6. The Morgan fingerprint density at radius 1 is 1.37 bits per heavy atom. The second kappa shape index (κ2) is 6.95. The van der Waals surface area contributed by atoms with Gasteiger partial charge in [-0.15, -0.1) is 0 Å². The molecule has 0 aromatic rings. The van der Waals surface area contributed by atoms with Crippen LogP contribution in [0.15, 0.2) is 0 Å². The molecule has 4 atom stereocenters. The van der Waals surface area contributed by atoms with Crippen molar-refractivity contribution < 1.29 is 20.1 Å². The van der Waals surface area contributed by atoms with Crippen LogP contribution in [-0.2, 0) is 4.79 Å². The first-order valence-electron chi connectivity index (χ1n) is 6.89. The number of carboxylic acid groups (broad SMARTS) is 1. The number of carbonyl (C=O) groups is 1. The molecule has 5 heteroatoms. The van der Waals surface area contributed by atoms with E-state index in [1.807, 2.05) is 0 Å². The van der Waals surface area contributed by atoms with E-state index in [9.17, 15) is 15.0 Å².